The van der Waals surface area contributed by atoms with Gasteiger partial charge in [-0.2, -0.15) is 0 Å². The molecular formula is C12H20Cl3N3O2. The quantitative estimate of drug-likeness (QED) is 0.458. The highest BCUT2D eigenvalue weighted by Gasteiger charge is 2.30. The van der Waals surface area contributed by atoms with Crippen LogP contribution in [0.5, 0.6) is 0 Å². The highest BCUT2D eigenvalue weighted by atomic mass is 35.5. The van der Waals surface area contributed by atoms with E-state index in [2.05, 4.69) is 10.6 Å². The minimum Gasteiger partial charge on any atom is -0.362 e. The Balaban J connectivity index is 6.02. The number of halogens is 3. The minimum absolute atomic E-state index is 0.166. The van der Waals surface area contributed by atoms with Crippen molar-refractivity contribution in [1.29, 1.82) is 0 Å². The topological polar surface area (TPSA) is 67.2 Å². The molecule has 0 aromatic heterocycles. The fraction of sp³-hybridized carbons (Fsp3) is 0.667. The van der Waals surface area contributed by atoms with E-state index in [9.17, 15) is 10.1 Å². The maximum atomic E-state index is 11.3. The summed E-state index contributed by atoms with van der Waals surface area (Å²) in [4.78, 5) is 10.7. The van der Waals surface area contributed by atoms with Gasteiger partial charge in [0.1, 0.15) is 4.49 Å². The Bertz CT molecular complexity index is 424. The largest absolute Gasteiger partial charge is 0.362 e. The van der Waals surface area contributed by atoms with Gasteiger partial charge >= 0.3 is 5.70 Å². The molecule has 0 rings (SSSR count). The van der Waals surface area contributed by atoms with Gasteiger partial charge in [-0.3, -0.25) is 10.1 Å². The van der Waals surface area contributed by atoms with Crippen LogP contribution in [0.25, 0.3) is 0 Å². The van der Waals surface area contributed by atoms with Crippen LogP contribution in [-0.4, -0.2) is 16.0 Å². The van der Waals surface area contributed by atoms with Gasteiger partial charge in [-0.25, -0.2) is 0 Å². The standard InChI is InChI=1S/C12H20Cl3N3O2/c1-11(2,3)16-10(17-12(4,5)6)8(18(19)20)7(13)9(14)15/h16-17H,1-6H3. The Morgan fingerprint density at radius 2 is 1.30 bits per heavy atom. The molecule has 20 heavy (non-hydrogen) atoms. The van der Waals surface area contributed by atoms with Crippen LogP contribution >= 0.6 is 34.8 Å². The number of hydrogen-bond acceptors (Lipinski definition) is 4. The number of hydrogen-bond donors (Lipinski definition) is 2. The minimum atomic E-state index is -0.625. The average Bonchev–Trinajstić information content (AvgIpc) is 2.10. The molecule has 2 N–H and O–H groups in total. The molecule has 0 aliphatic rings. The molecule has 8 heteroatoms. The van der Waals surface area contributed by atoms with Crippen LogP contribution in [-0.2, 0) is 0 Å². The molecule has 0 atom stereocenters. The molecule has 0 unspecified atom stereocenters. The van der Waals surface area contributed by atoms with Gasteiger partial charge in [-0.05, 0) is 41.5 Å². The van der Waals surface area contributed by atoms with E-state index in [4.69, 9.17) is 34.8 Å². The summed E-state index contributed by atoms with van der Waals surface area (Å²) in [5, 5.41) is 17.0. The van der Waals surface area contributed by atoms with E-state index in [1.54, 1.807) is 0 Å². The Morgan fingerprint density at radius 1 is 0.950 bits per heavy atom. The predicted octanol–water partition coefficient (Wildman–Crippen LogP) is 4.09. The summed E-state index contributed by atoms with van der Waals surface area (Å²) in [6, 6.07) is 0. The Morgan fingerprint density at radius 3 is 1.50 bits per heavy atom. The van der Waals surface area contributed by atoms with Crippen LogP contribution in [0.1, 0.15) is 41.5 Å². The van der Waals surface area contributed by atoms with E-state index in [1.165, 1.54) is 0 Å². The SMILES string of the molecule is CC(C)(C)NC(NC(C)(C)C)=C(C(Cl)=C(Cl)Cl)[N+](=O)[O-]. The van der Waals surface area contributed by atoms with E-state index < -0.39 is 21.7 Å². The third kappa shape index (κ3) is 7.22. The van der Waals surface area contributed by atoms with E-state index in [0.29, 0.717) is 0 Å². The molecule has 0 aromatic rings. The average molecular weight is 345 g/mol. The first kappa shape index (κ1) is 19.4. The first-order chi connectivity index (χ1) is 8.74. The lowest BCUT2D eigenvalue weighted by molar-refractivity contribution is -0.421. The van der Waals surface area contributed by atoms with Crippen molar-refractivity contribution in [3.05, 3.63) is 31.2 Å². The van der Waals surface area contributed by atoms with Crippen LogP contribution in [0.2, 0.25) is 0 Å². The van der Waals surface area contributed by atoms with Crippen molar-refractivity contribution < 1.29 is 4.92 Å². The second-order valence-electron chi connectivity index (χ2n) is 6.31. The van der Waals surface area contributed by atoms with Crippen LogP contribution in [0.15, 0.2) is 21.0 Å². The fourth-order valence-corrected chi connectivity index (χ4v) is 1.61. The zero-order valence-corrected chi connectivity index (χ0v) is 14.7. The van der Waals surface area contributed by atoms with Crippen molar-refractivity contribution in [2.75, 3.05) is 0 Å². The second-order valence-corrected chi connectivity index (χ2v) is 7.63. The molecule has 0 heterocycles. The zero-order valence-electron chi connectivity index (χ0n) is 12.4. The lowest BCUT2D eigenvalue weighted by Gasteiger charge is -2.30. The van der Waals surface area contributed by atoms with Gasteiger partial charge in [0.25, 0.3) is 0 Å². The smallest absolute Gasteiger partial charge is 0.329 e. The number of nitro groups is 1. The molecule has 0 fully saturated rings. The third-order valence-corrected chi connectivity index (χ3v) is 2.73. The van der Waals surface area contributed by atoms with Crippen molar-refractivity contribution in [2.24, 2.45) is 0 Å². The molecule has 0 aliphatic carbocycles. The Hall–Kier alpha value is -0.650. The Labute approximate surface area is 134 Å². The van der Waals surface area contributed by atoms with Crippen LogP contribution < -0.4 is 10.6 Å². The molecule has 0 saturated heterocycles. The zero-order chi connectivity index (χ0) is 16.3. The fourth-order valence-electron chi connectivity index (χ4n) is 1.27. The van der Waals surface area contributed by atoms with Gasteiger partial charge < -0.3 is 10.6 Å². The van der Waals surface area contributed by atoms with Gasteiger partial charge in [0, 0.05) is 11.1 Å². The predicted molar refractivity (Wildman–Crippen MR) is 84.4 cm³/mol. The lowest BCUT2D eigenvalue weighted by Crippen LogP contribution is -2.47. The van der Waals surface area contributed by atoms with Gasteiger partial charge in [-0.15, -0.1) is 0 Å². The van der Waals surface area contributed by atoms with Crippen molar-refractivity contribution >= 4 is 34.8 Å². The first-order valence-corrected chi connectivity index (χ1v) is 7.04. The normalized spacial score (nSPS) is 11.7. The highest BCUT2D eigenvalue weighted by molar-refractivity contribution is 6.59. The van der Waals surface area contributed by atoms with E-state index >= 15 is 0 Å². The van der Waals surface area contributed by atoms with E-state index in [-0.39, 0.29) is 15.3 Å². The van der Waals surface area contributed by atoms with Crippen molar-refractivity contribution in [3.8, 4) is 0 Å². The van der Waals surface area contributed by atoms with Crippen LogP contribution in [0, 0.1) is 10.1 Å². The molecule has 0 bridgehead atoms. The molecule has 0 spiro atoms. The van der Waals surface area contributed by atoms with E-state index in [1.807, 2.05) is 41.5 Å². The molecule has 0 aromatic carbocycles. The van der Waals surface area contributed by atoms with Crippen molar-refractivity contribution in [2.45, 2.75) is 52.6 Å². The number of allylic oxidation sites excluding steroid dienone is 1. The third-order valence-electron chi connectivity index (χ3n) is 1.79. The molecule has 5 nitrogen and oxygen atoms in total. The molecule has 0 aliphatic heterocycles. The summed E-state index contributed by atoms with van der Waals surface area (Å²) in [5.74, 6) is 0.166. The summed E-state index contributed by atoms with van der Waals surface area (Å²) in [5.41, 5.74) is -1.22. The number of nitrogens with one attached hydrogen (secondary N) is 2. The number of rotatable bonds is 4. The summed E-state index contributed by atoms with van der Waals surface area (Å²) in [6.07, 6.45) is 0. The molecule has 0 radical (unpaired) electrons. The molecule has 0 saturated carbocycles. The first-order valence-electron chi connectivity index (χ1n) is 5.91. The van der Waals surface area contributed by atoms with Crippen LogP contribution in [0.4, 0.5) is 0 Å². The summed E-state index contributed by atoms with van der Waals surface area (Å²) < 4.78 is -0.359. The Kier molecular flexibility index (Phi) is 6.65. The van der Waals surface area contributed by atoms with Gasteiger partial charge in [0.2, 0.25) is 0 Å². The summed E-state index contributed by atoms with van der Waals surface area (Å²) in [7, 11) is 0. The molecule has 116 valence electrons. The molecular weight excluding hydrogens is 325 g/mol. The van der Waals surface area contributed by atoms with Gasteiger partial charge in [0.15, 0.2) is 10.9 Å². The van der Waals surface area contributed by atoms with Gasteiger partial charge in [0.05, 0.1) is 4.92 Å². The second kappa shape index (κ2) is 6.87. The summed E-state index contributed by atoms with van der Waals surface area (Å²) in [6.45, 7) is 11.2. The van der Waals surface area contributed by atoms with Crippen molar-refractivity contribution in [3.63, 3.8) is 0 Å². The molecule has 0 amide bonds. The highest BCUT2D eigenvalue weighted by Crippen LogP contribution is 2.27. The monoisotopic (exact) mass is 343 g/mol. The number of nitrogens with zero attached hydrogens (tertiary/aromatic N) is 1. The van der Waals surface area contributed by atoms with E-state index in [0.717, 1.165) is 0 Å². The maximum Gasteiger partial charge on any atom is 0.329 e. The maximum absolute atomic E-state index is 11.3. The van der Waals surface area contributed by atoms with Crippen molar-refractivity contribution in [1.82, 2.24) is 10.6 Å². The van der Waals surface area contributed by atoms with Gasteiger partial charge in [-0.1, -0.05) is 34.8 Å². The summed E-state index contributed by atoms with van der Waals surface area (Å²) >= 11 is 17.0. The van der Waals surface area contributed by atoms with Crippen LogP contribution in [0.3, 0.4) is 0 Å². The lowest BCUT2D eigenvalue weighted by atomic mass is 10.1.